The van der Waals surface area contributed by atoms with Crippen LogP contribution in [-0.4, -0.2) is 42.9 Å². The summed E-state index contributed by atoms with van der Waals surface area (Å²) in [7, 11) is 2.89. The fraction of sp³-hybridized carbons (Fsp3) is 0.120. The van der Waals surface area contributed by atoms with Crippen LogP contribution in [0.3, 0.4) is 0 Å². The number of hydrogen-bond donors (Lipinski definition) is 1. The second-order valence-electron chi connectivity index (χ2n) is 7.47. The predicted molar refractivity (Wildman–Crippen MR) is 122 cm³/mol. The summed E-state index contributed by atoms with van der Waals surface area (Å²) in [6.07, 6.45) is -0.493. The number of amides is 4. The van der Waals surface area contributed by atoms with Crippen molar-refractivity contribution in [1.82, 2.24) is 4.90 Å². The molecule has 1 N–H and O–H groups in total. The lowest BCUT2D eigenvalue weighted by molar-refractivity contribution is 0.0642. The van der Waals surface area contributed by atoms with E-state index in [1.807, 2.05) is 0 Å². The van der Waals surface area contributed by atoms with Crippen molar-refractivity contribution in [3.8, 4) is 0 Å². The zero-order chi connectivity index (χ0) is 23.5. The maximum absolute atomic E-state index is 12.6. The molecule has 1 heterocycles. The van der Waals surface area contributed by atoms with Crippen LogP contribution < -0.4 is 10.2 Å². The van der Waals surface area contributed by atoms with Gasteiger partial charge in [-0.3, -0.25) is 24.2 Å². The minimum absolute atomic E-state index is 0.128. The Kier molecular flexibility index (Phi) is 5.91. The third kappa shape index (κ3) is 4.31. The third-order valence-corrected chi connectivity index (χ3v) is 5.40. The number of benzene rings is 3. The number of fused-ring (bicyclic) bond motifs is 1. The number of ether oxygens (including phenoxy) is 1. The lowest BCUT2D eigenvalue weighted by Gasteiger charge is -2.16. The molecule has 0 saturated heterocycles. The van der Waals surface area contributed by atoms with Gasteiger partial charge in [0.05, 0.1) is 24.8 Å². The van der Waals surface area contributed by atoms with Crippen LogP contribution in [-0.2, 0) is 11.3 Å². The van der Waals surface area contributed by atoms with Gasteiger partial charge < -0.3 is 10.1 Å². The van der Waals surface area contributed by atoms with E-state index < -0.39 is 6.09 Å². The highest BCUT2D eigenvalue weighted by atomic mass is 16.5. The molecule has 3 aromatic carbocycles. The quantitative estimate of drug-likeness (QED) is 0.603. The molecule has 8 nitrogen and oxygen atoms in total. The van der Waals surface area contributed by atoms with Crippen molar-refractivity contribution in [2.45, 2.75) is 6.54 Å². The van der Waals surface area contributed by atoms with E-state index >= 15 is 0 Å². The molecule has 0 atom stereocenters. The first-order valence-electron chi connectivity index (χ1n) is 10.2. The molecule has 4 rings (SSSR count). The largest absolute Gasteiger partial charge is 0.452 e. The van der Waals surface area contributed by atoms with Crippen LogP contribution in [0, 0.1) is 0 Å². The van der Waals surface area contributed by atoms with Crippen molar-refractivity contribution < 1.29 is 23.9 Å². The Labute approximate surface area is 190 Å². The predicted octanol–water partition coefficient (Wildman–Crippen LogP) is 3.94. The summed E-state index contributed by atoms with van der Waals surface area (Å²) in [5, 5.41) is 2.79. The van der Waals surface area contributed by atoms with Crippen LogP contribution in [0.5, 0.6) is 0 Å². The first kappa shape index (κ1) is 21.8. The molecule has 0 spiro atoms. The van der Waals surface area contributed by atoms with Gasteiger partial charge >= 0.3 is 6.09 Å². The Morgan fingerprint density at radius 3 is 2.00 bits per heavy atom. The number of carbonyl (C=O) groups excluding carboxylic acids is 4. The van der Waals surface area contributed by atoms with Crippen molar-refractivity contribution >= 4 is 35.2 Å². The monoisotopic (exact) mass is 443 g/mol. The van der Waals surface area contributed by atoms with Crippen LogP contribution in [0.15, 0.2) is 72.8 Å². The second-order valence-corrected chi connectivity index (χ2v) is 7.47. The highest BCUT2D eigenvalue weighted by Crippen LogP contribution is 2.24. The number of imide groups is 1. The summed E-state index contributed by atoms with van der Waals surface area (Å²) < 4.78 is 4.68. The fourth-order valence-electron chi connectivity index (χ4n) is 3.54. The molecular formula is C25H21N3O5. The number of rotatable bonds is 5. The van der Waals surface area contributed by atoms with E-state index in [0.29, 0.717) is 28.1 Å². The van der Waals surface area contributed by atoms with Gasteiger partial charge in [0.25, 0.3) is 17.7 Å². The first-order chi connectivity index (χ1) is 15.9. The van der Waals surface area contributed by atoms with E-state index in [2.05, 4.69) is 10.1 Å². The van der Waals surface area contributed by atoms with Gasteiger partial charge in [0, 0.05) is 24.0 Å². The number of anilines is 2. The zero-order valence-electron chi connectivity index (χ0n) is 18.1. The maximum atomic E-state index is 12.6. The molecular weight excluding hydrogens is 422 g/mol. The van der Waals surface area contributed by atoms with Gasteiger partial charge in [0.1, 0.15) is 0 Å². The molecule has 0 unspecified atom stereocenters. The van der Waals surface area contributed by atoms with Crippen molar-refractivity contribution in [3.63, 3.8) is 0 Å². The van der Waals surface area contributed by atoms with Gasteiger partial charge in [-0.15, -0.1) is 0 Å². The smallest absolute Gasteiger partial charge is 0.413 e. The Bertz CT molecular complexity index is 1200. The molecule has 33 heavy (non-hydrogen) atoms. The van der Waals surface area contributed by atoms with Gasteiger partial charge in [0.2, 0.25) is 0 Å². The highest BCUT2D eigenvalue weighted by molar-refractivity contribution is 6.21. The summed E-state index contributed by atoms with van der Waals surface area (Å²) in [6, 6.07) is 20.2. The van der Waals surface area contributed by atoms with Gasteiger partial charge in [-0.05, 0) is 54.1 Å². The molecule has 1 aliphatic rings. The molecule has 166 valence electrons. The van der Waals surface area contributed by atoms with Gasteiger partial charge in [0.15, 0.2) is 0 Å². The second kappa shape index (κ2) is 8.96. The molecule has 3 aromatic rings. The molecule has 0 saturated carbocycles. The molecule has 0 radical (unpaired) electrons. The fourth-order valence-corrected chi connectivity index (χ4v) is 3.54. The average Bonchev–Trinajstić information content (AvgIpc) is 3.09. The highest BCUT2D eigenvalue weighted by Gasteiger charge is 2.34. The van der Waals surface area contributed by atoms with Crippen LogP contribution in [0.1, 0.15) is 36.6 Å². The minimum Gasteiger partial charge on any atom is -0.452 e. The van der Waals surface area contributed by atoms with Gasteiger partial charge in [-0.25, -0.2) is 4.79 Å². The van der Waals surface area contributed by atoms with Crippen molar-refractivity contribution in [1.29, 1.82) is 0 Å². The van der Waals surface area contributed by atoms with Crippen LogP contribution >= 0.6 is 0 Å². The van der Waals surface area contributed by atoms with Gasteiger partial charge in [-0.1, -0.05) is 24.3 Å². The van der Waals surface area contributed by atoms with E-state index in [4.69, 9.17) is 0 Å². The standard InChI is InChI=1S/C25H21N3O5/c1-27(25(32)33-2)19-13-11-18(12-14-19)26-22(29)17-9-7-16(8-10-17)15-28-23(30)20-5-3-4-6-21(20)24(28)31/h3-14H,15H2,1-2H3,(H,26,29). The van der Waals surface area contributed by atoms with E-state index in [-0.39, 0.29) is 24.3 Å². The molecule has 4 amide bonds. The molecule has 8 heteroatoms. The first-order valence-corrected chi connectivity index (χ1v) is 10.2. The SMILES string of the molecule is COC(=O)N(C)c1ccc(NC(=O)c2ccc(CN3C(=O)c4ccccc4C3=O)cc2)cc1. The number of carbonyl (C=O) groups is 4. The lowest BCUT2D eigenvalue weighted by atomic mass is 10.1. The Balaban J connectivity index is 1.39. The summed E-state index contributed by atoms with van der Waals surface area (Å²) >= 11 is 0. The molecule has 0 fully saturated rings. The molecule has 0 bridgehead atoms. The molecule has 0 aliphatic carbocycles. The zero-order valence-corrected chi connectivity index (χ0v) is 18.1. The number of nitrogens with zero attached hydrogens (tertiary/aromatic N) is 2. The normalized spacial score (nSPS) is 12.4. The average molecular weight is 443 g/mol. The molecule has 0 aromatic heterocycles. The molecule has 1 aliphatic heterocycles. The summed E-state index contributed by atoms with van der Waals surface area (Å²) in [6.45, 7) is 0.128. The van der Waals surface area contributed by atoms with Crippen LogP contribution in [0.4, 0.5) is 16.2 Å². The number of methoxy groups -OCH3 is 1. The van der Waals surface area contributed by atoms with Gasteiger partial charge in [-0.2, -0.15) is 0 Å². The summed E-state index contributed by atoms with van der Waals surface area (Å²) in [4.78, 5) is 51.8. The van der Waals surface area contributed by atoms with Crippen molar-refractivity contribution in [3.05, 3.63) is 95.1 Å². The topological polar surface area (TPSA) is 96.0 Å². The Morgan fingerprint density at radius 2 is 1.45 bits per heavy atom. The van der Waals surface area contributed by atoms with E-state index in [9.17, 15) is 19.2 Å². The van der Waals surface area contributed by atoms with E-state index in [0.717, 1.165) is 5.56 Å². The third-order valence-electron chi connectivity index (χ3n) is 5.40. The maximum Gasteiger partial charge on any atom is 0.413 e. The van der Waals surface area contributed by atoms with E-state index in [1.165, 1.54) is 16.9 Å². The van der Waals surface area contributed by atoms with Crippen LogP contribution in [0.2, 0.25) is 0 Å². The van der Waals surface area contributed by atoms with Crippen molar-refractivity contribution in [2.75, 3.05) is 24.4 Å². The van der Waals surface area contributed by atoms with Crippen molar-refractivity contribution in [2.24, 2.45) is 0 Å². The van der Waals surface area contributed by atoms with E-state index in [1.54, 1.807) is 79.8 Å². The van der Waals surface area contributed by atoms with Crippen LogP contribution in [0.25, 0.3) is 0 Å². The lowest BCUT2D eigenvalue weighted by Crippen LogP contribution is -2.29. The Morgan fingerprint density at radius 1 is 0.879 bits per heavy atom. The summed E-state index contributed by atoms with van der Waals surface area (Å²) in [5.74, 6) is -0.950. The number of hydrogen-bond acceptors (Lipinski definition) is 5. The summed E-state index contributed by atoms with van der Waals surface area (Å²) in [5.41, 5.74) is 3.16. The Hall–Kier alpha value is -4.46. The number of nitrogens with one attached hydrogen (secondary N) is 1. The minimum atomic E-state index is -0.493.